The Kier molecular flexibility index (Phi) is 29.2. The monoisotopic (exact) mass is 916 g/mol. The summed E-state index contributed by atoms with van der Waals surface area (Å²) in [5, 5.41) is 0. The van der Waals surface area contributed by atoms with Crippen LogP contribution in [0.15, 0.2) is 0 Å². The van der Waals surface area contributed by atoms with Gasteiger partial charge in [0.25, 0.3) is 5.79 Å². The summed E-state index contributed by atoms with van der Waals surface area (Å²) in [6.07, 6.45) is 11.5. The summed E-state index contributed by atoms with van der Waals surface area (Å²) >= 11 is 2.06. The van der Waals surface area contributed by atoms with Gasteiger partial charge in [-0.1, -0.05) is 45.4 Å². The largest absolute Gasteiger partial charge is 0.450 e. The lowest BCUT2D eigenvalue weighted by Gasteiger charge is -2.31. The Labute approximate surface area is 384 Å². The predicted octanol–water partition coefficient (Wildman–Crippen LogP) is 4.82. The molecule has 0 aromatic heterocycles. The number of cyclic esters (lactones) is 2. The van der Waals surface area contributed by atoms with Gasteiger partial charge in [0.15, 0.2) is 5.92 Å². The number of imide groups is 2. The number of nitrogens with zero attached hydrogens (tertiary/aromatic N) is 7. The number of ether oxygens (including phenoxy) is 4. The van der Waals surface area contributed by atoms with Crippen LogP contribution in [-0.4, -0.2) is 215 Å². The standard InChI is InChI=1S/C8H16N2O2.C7H10N2O3.C7H10O4.C7H14.C6H13N.C5H11NO.C5H11NS/c1-3-12-8(11)10-6-4-9(2)5-7-10;1-4-5(10)8(2)7(12)9(3)6(4)11;1-4-5(8)10-7(2,3)11-6(4)9;2*1-7-5-3-2-4-6-7;2*1-6-2-4-7-5-3-6/h3-7H2,1-2H3;4H,1-3H3;4H,1-3H3;7H,2-6H2,1H3;2-6H2,1H3;2*2-5H2,1H3. The van der Waals surface area contributed by atoms with Crippen LogP contribution >= 0.6 is 11.8 Å². The highest BCUT2D eigenvalue weighted by Crippen LogP contribution is 2.23. The van der Waals surface area contributed by atoms with E-state index in [-0.39, 0.29) is 6.09 Å². The molecule has 7 aliphatic rings. The normalized spacial score (nSPS) is 23.1. The van der Waals surface area contributed by atoms with Gasteiger partial charge in [0, 0.05) is 91.8 Å². The van der Waals surface area contributed by atoms with Crippen molar-refractivity contribution in [1.82, 2.24) is 34.3 Å². The Bertz CT molecular complexity index is 1200. The lowest BCUT2D eigenvalue weighted by Crippen LogP contribution is -2.55. The number of likely N-dealkylation sites (N-methyl/N-ethyl adjacent to an activating group) is 2. The van der Waals surface area contributed by atoms with Crippen molar-refractivity contribution in [2.24, 2.45) is 17.8 Å². The summed E-state index contributed by atoms with van der Waals surface area (Å²) < 4.78 is 19.5. The van der Waals surface area contributed by atoms with Crippen molar-refractivity contribution in [3.63, 3.8) is 0 Å². The number of piperidine rings is 1. The highest BCUT2D eigenvalue weighted by Gasteiger charge is 2.40. The van der Waals surface area contributed by atoms with Crippen LogP contribution in [-0.2, 0) is 38.1 Å². The third-order valence-electron chi connectivity index (χ3n) is 11.3. The molecule has 366 valence electrons. The maximum Gasteiger partial charge on any atom is 0.409 e. The van der Waals surface area contributed by atoms with Gasteiger partial charge >= 0.3 is 24.1 Å². The van der Waals surface area contributed by atoms with Gasteiger partial charge in [-0.15, -0.1) is 0 Å². The SMILES string of the molecule is CC1C(=O)N(C)C(=O)N(C)C1=O.CC1C(=O)OC(C)(C)OC1=O.CC1CCCCC1.CCOC(=O)N1CCN(C)CC1.CN1CCCCC1.CN1CCOCC1.CN1CCSCC1. The number of piperazine rings is 1. The number of likely N-dealkylation sites (tertiary alicyclic amines) is 1. The Morgan fingerprint density at radius 1 is 0.603 bits per heavy atom. The van der Waals surface area contributed by atoms with Crippen molar-refractivity contribution in [3.8, 4) is 0 Å². The highest BCUT2D eigenvalue weighted by molar-refractivity contribution is 7.99. The molecular weight excluding hydrogens is 831 g/mol. The van der Waals surface area contributed by atoms with E-state index < -0.39 is 47.4 Å². The summed E-state index contributed by atoms with van der Waals surface area (Å²) in [4.78, 5) is 79.3. The predicted molar refractivity (Wildman–Crippen MR) is 248 cm³/mol. The topological polar surface area (TPSA) is 162 Å². The Morgan fingerprint density at radius 2 is 1.03 bits per heavy atom. The Hall–Kier alpha value is -3.03. The third-order valence-corrected chi connectivity index (χ3v) is 12.3. The molecule has 0 bridgehead atoms. The van der Waals surface area contributed by atoms with Crippen LogP contribution in [0.5, 0.6) is 0 Å². The molecule has 17 nitrogen and oxygen atoms in total. The fourth-order valence-corrected chi connectivity index (χ4v) is 7.84. The van der Waals surface area contributed by atoms with Crippen molar-refractivity contribution in [3.05, 3.63) is 0 Å². The maximum absolute atomic E-state index is 11.2. The zero-order valence-corrected chi connectivity index (χ0v) is 41.9. The van der Waals surface area contributed by atoms with E-state index in [1.807, 2.05) is 6.92 Å². The van der Waals surface area contributed by atoms with E-state index in [1.165, 1.54) is 131 Å². The number of carbonyl (C=O) groups excluding carboxylic acids is 6. The Balaban J connectivity index is 0.000000372. The second-order valence-corrected chi connectivity index (χ2v) is 18.9. The van der Waals surface area contributed by atoms with E-state index in [4.69, 9.17) is 18.9 Å². The van der Waals surface area contributed by atoms with Crippen LogP contribution in [0.3, 0.4) is 0 Å². The van der Waals surface area contributed by atoms with Crippen LogP contribution < -0.4 is 0 Å². The molecule has 1 saturated carbocycles. The van der Waals surface area contributed by atoms with Crippen LogP contribution in [0.4, 0.5) is 9.59 Å². The number of urea groups is 1. The number of hydrogen-bond acceptors (Lipinski definition) is 15. The summed E-state index contributed by atoms with van der Waals surface area (Å²) in [6, 6.07) is -0.567. The van der Waals surface area contributed by atoms with Gasteiger partial charge in [-0.2, -0.15) is 11.8 Å². The quantitative estimate of drug-likeness (QED) is 0.260. The fraction of sp³-hybridized carbons (Fsp3) is 0.867. The highest BCUT2D eigenvalue weighted by atomic mass is 32.2. The van der Waals surface area contributed by atoms with Gasteiger partial charge < -0.3 is 43.4 Å². The maximum atomic E-state index is 11.2. The summed E-state index contributed by atoms with van der Waals surface area (Å²) in [5.41, 5.74) is 0. The zero-order valence-electron chi connectivity index (χ0n) is 41.1. The van der Waals surface area contributed by atoms with Gasteiger partial charge in [-0.25, -0.2) is 9.59 Å². The average molecular weight is 916 g/mol. The molecule has 6 aliphatic heterocycles. The minimum atomic E-state index is -1.10. The van der Waals surface area contributed by atoms with Crippen LogP contribution in [0.2, 0.25) is 0 Å². The van der Waals surface area contributed by atoms with E-state index in [1.54, 1.807) is 4.90 Å². The van der Waals surface area contributed by atoms with Crippen LogP contribution in [0.1, 0.15) is 92.9 Å². The van der Waals surface area contributed by atoms with Crippen molar-refractivity contribution in [2.45, 2.75) is 98.7 Å². The van der Waals surface area contributed by atoms with Crippen molar-refractivity contribution in [2.75, 3.05) is 139 Å². The summed E-state index contributed by atoms with van der Waals surface area (Å²) in [6.45, 7) is 23.3. The molecule has 0 radical (unpaired) electrons. The zero-order chi connectivity index (χ0) is 47.5. The number of carbonyl (C=O) groups is 6. The number of rotatable bonds is 1. The van der Waals surface area contributed by atoms with E-state index in [0.717, 1.165) is 68.2 Å². The van der Waals surface area contributed by atoms with Crippen LogP contribution in [0.25, 0.3) is 0 Å². The second kappa shape index (κ2) is 31.8. The first kappa shape index (κ1) is 58.0. The van der Waals surface area contributed by atoms with E-state index >= 15 is 0 Å². The number of morpholine rings is 1. The molecule has 7 rings (SSSR count). The smallest absolute Gasteiger partial charge is 0.409 e. The minimum absolute atomic E-state index is 0.175. The average Bonchev–Trinajstić information content (AvgIpc) is 3.26. The molecule has 6 heterocycles. The van der Waals surface area contributed by atoms with E-state index in [0.29, 0.717) is 6.61 Å². The molecule has 7 fully saturated rings. The second-order valence-electron chi connectivity index (χ2n) is 17.7. The fourth-order valence-electron chi connectivity index (χ4n) is 6.75. The van der Waals surface area contributed by atoms with Gasteiger partial charge in [0.05, 0.1) is 19.8 Å². The first-order valence-corrected chi connectivity index (χ1v) is 24.2. The molecule has 63 heavy (non-hydrogen) atoms. The summed E-state index contributed by atoms with van der Waals surface area (Å²) in [5.74, 6) is -0.855. The van der Waals surface area contributed by atoms with Crippen molar-refractivity contribution < 1.29 is 47.7 Å². The molecule has 6 saturated heterocycles. The molecule has 0 aromatic carbocycles. The molecule has 0 atom stereocenters. The number of barbiturate groups is 1. The first-order chi connectivity index (χ1) is 29.7. The molecule has 18 heteroatoms. The lowest BCUT2D eigenvalue weighted by molar-refractivity contribution is -0.238. The van der Waals surface area contributed by atoms with Gasteiger partial charge in [0.1, 0.15) is 5.92 Å². The molecule has 0 spiro atoms. The lowest BCUT2D eigenvalue weighted by atomic mass is 9.91. The number of amides is 5. The Morgan fingerprint density at radius 3 is 1.38 bits per heavy atom. The van der Waals surface area contributed by atoms with Crippen molar-refractivity contribution in [1.29, 1.82) is 0 Å². The van der Waals surface area contributed by atoms with Crippen molar-refractivity contribution >= 4 is 47.6 Å². The third kappa shape index (κ3) is 24.7. The van der Waals surface area contributed by atoms with Crippen LogP contribution in [0, 0.1) is 17.8 Å². The first-order valence-electron chi connectivity index (χ1n) is 23.1. The molecule has 0 aromatic rings. The molecule has 0 unspecified atom stereocenters. The molecule has 1 aliphatic carbocycles. The molecule has 5 amide bonds. The van der Waals surface area contributed by atoms with Gasteiger partial charge in [-0.05, 0) is 80.8 Å². The van der Waals surface area contributed by atoms with E-state index in [2.05, 4.69) is 66.5 Å². The summed E-state index contributed by atoms with van der Waals surface area (Å²) in [7, 11) is 11.3. The van der Waals surface area contributed by atoms with Gasteiger partial charge in [0.2, 0.25) is 11.8 Å². The number of thioether (sulfide) groups is 1. The van der Waals surface area contributed by atoms with Gasteiger partial charge in [-0.3, -0.25) is 29.0 Å². The number of esters is 2. The number of hydrogen-bond donors (Lipinski definition) is 0. The molecular formula is C45H85N7O10S. The van der Waals surface area contributed by atoms with E-state index in [9.17, 15) is 28.8 Å². The minimum Gasteiger partial charge on any atom is -0.450 e. The molecule has 0 N–H and O–H groups in total.